The molecule has 0 spiro atoms. The molecule has 2 saturated heterocycles. The Morgan fingerprint density at radius 3 is 2.96 bits per heavy atom. The molecule has 2 fully saturated rings. The number of rotatable bonds is 5. The third kappa shape index (κ3) is 4.22. The van der Waals surface area contributed by atoms with Gasteiger partial charge in [-0.1, -0.05) is 0 Å². The fraction of sp³-hybridized carbons (Fsp3) is 0.667. The van der Waals surface area contributed by atoms with Gasteiger partial charge in [0.15, 0.2) is 0 Å². The van der Waals surface area contributed by atoms with Gasteiger partial charge in [-0.05, 0) is 25.3 Å². The van der Waals surface area contributed by atoms with Crippen LogP contribution in [0.1, 0.15) is 19.3 Å². The largest absolute Gasteiger partial charge is 0.449 e. The minimum atomic E-state index is -0.250. The molecule has 1 amide bonds. The third-order valence-corrected chi connectivity index (χ3v) is 4.15. The van der Waals surface area contributed by atoms with Crippen LogP contribution in [0.4, 0.5) is 16.6 Å². The van der Waals surface area contributed by atoms with Gasteiger partial charge in [0.25, 0.3) is 0 Å². The number of aliphatic hydroxyl groups excluding tert-OH is 1. The predicted octanol–water partition coefficient (Wildman–Crippen LogP) is 0.692. The highest BCUT2D eigenvalue weighted by molar-refractivity contribution is 5.68. The topological polar surface area (TPSA) is 90.8 Å². The third-order valence-electron chi connectivity index (χ3n) is 4.15. The van der Waals surface area contributed by atoms with Gasteiger partial charge in [0, 0.05) is 38.9 Å². The second-order valence-corrected chi connectivity index (χ2v) is 5.84. The Morgan fingerprint density at radius 1 is 1.35 bits per heavy atom. The number of cyclic esters (lactones) is 1. The summed E-state index contributed by atoms with van der Waals surface area (Å²) in [7, 11) is 0. The Morgan fingerprint density at radius 2 is 2.17 bits per heavy atom. The van der Waals surface area contributed by atoms with Gasteiger partial charge in [0.05, 0.1) is 12.7 Å². The van der Waals surface area contributed by atoms with E-state index in [9.17, 15) is 9.90 Å². The molecular weight excluding hydrogens is 298 g/mol. The monoisotopic (exact) mass is 321 g/mol. The second kappa shape index (κ2) is 7.45. The smallest absolute Gasteiger partial charge is 0.409 e. The maximum atomic E-state index is 11.5. The van der Waals surface area contributed by atoms with Gasteiger partial charge in [-0.2, -0.15) is 4.98 Å². The quantitative estimate of drug-likeness (QED) is 0.824. The fourth-order valence-electron chi connectivity index (χ4n) is 2.81. The molecule has 23 heavy (non-hydrogen) atoms. The highest BCUT2D eigenvalue weighted by atomic mass is 16.6. The first-order valence-corrected chi connectivity index (χ1v) is 8.14. The number of ether oxygens (including phenoxy) is 1. The van der Waals surface area contributed by atoms with Gasteiger partial charge >= 0.3 is 6.09 Å². The molecule has 3 rings (SSSR count). The number of nitrogens with one attached hydrogen (secondary N) is 1. The Hall–Kier alpha value is -2.09. The lowest BCUT2D eigenvalue weighted by Crippen LogP contribution is -2.40. The van der Waals surface area contributed by atoms with Crippen LogP contribution in [0.3, 0.4) is 0 Å². The van der Waals surface area contributed by atoms with Gasteiger partial charge in [-0.3, -0.25) is 0 Å². The summed E-state index contributed by atoms with van der Waals surface area (Å²) in [6, 6.07) is 1.88. The average molecular weight is 321 g/mol. The Bertz CT molecular complexity index is 534. The average Bonchev–Trinajstić information content (AvgIpc) is 2.58. The Balaban J connectivity index is 1.50. The van der Waals surface area contributed by atoms with E-state index in [-0.39, 0.29) is 12.2 Å². The van der Waals surface area contributed by atoms with Crippen molar-refractivity contribution in [2.45, 2.75) is 25.4 Å². The number of aliphatic hydroxyl groups is 1. The van der Waals surface area contributed by atoms with E-state index in [2.05, 4.69) is 20.2 Å². The zero-order valence-corrected chi connectivity index (χ0v) is 13.1. The van der Waals surface area contributed by atoms with Crippen molar-refractivity contribution in [3.63, 3.8) is 0 Å². The summed E-state index contributed by atoms with van der Waals surface area (Å²) < 4.78 is 5.00. The molecule has 0 bridgehead atoms. The van der Waals surface area contributed by atoms with Gasteiger partial charge in [-0.25, -0.2) is 9.78 Å². The van der Waals surface area contributed by atoms with Crippen molar-refractivity contribution in [1.82, 2.24) is 14.9 Å². The van der Waals surface area contributed by atoms with Crippen molar-refractivity contribution < 1.29 is 14.6 Å². The molecule has 2 aliphatic heterocycles. The van der Waals surface area contributed by atoms with Crippen molar-refractivity contribution in [1.29, 1.82) is 0 Å². The summed E-state index contributed by atoms with van der Waals surface area (Å²) in [5, 5.41) is 12.7. The number of amides is 1. The minimum absolute atomic E-state index is 0.199. The standard InChI is InChI=1S/C15H23N5O3/c21-12-3-8-19(9-4-12)13-2-5-16-14(18-13)17-6-10-20-7-1-11-23-15(20)22/h2,5,12,21H,1,3-4,6-11H2,(H,16,17,18). The van der Waals surface area contributed by atoms with Crippen LogP contribution in [0.15, 0.2) is 12.3 Å². The van der Waals surface area contributed by atoms with Crippen LogP contribution in [0.5, 0.6) is 0 Å². The van der Waals surface area contributed by atoms with Crippen LogP contribution in [-0.2, 0) is 4.74 Å². The van der Waals surface area contributed by atoms with Crippen LogP contribution in [0.25, 0.3) is 0 Å². The SMILES string of the molecule is O=C1OCCCN1CCNc1nccc(N2CCC(O)CC2)n1. The van der Waals surface area contributed by atoms with E-state index in [0.717, 1.165) is 44.7 Å². The molecule has 8 nitrogen and oxygen atoms in total. The lowest BCUT2D eigenvalue weighted by Gasteiger charge is -2.30. The molecule has 0 saturated carbocycles. The normalized spacial score (nSPS) is 19.6. The van der Waals surface area contributed by atoms with Crippen molar-refractivity contribution in [2.24, 2.45) is 0 Å². The van der Waals surface area contributed by atoms with Crippen molar-refractivity contribution in [3.8, 4) is 0 Å². The maximum Gasteiger partial charge on any atom is 0.409 e. The lowest BCUT2D eigenvalue weighted by molar-refractivity contribution is 0.0746. The highest BCUT2D eigenvalue weighted by Gasteiger charge is 2.20. The van der Waals surface area contributed by atoms with Crippen molar-refractivity contribution in [2.75, 3.05) is 49.5 Å². The van der Waals surface area contributed by atoms with Crippen molar-refractivity contribution in [3.05, 3.63) is 12.3 Å². The molecule has 8 heteroatoms. The van der Waals surface area contributed by atoms with Gasteiger partial charge in [0.1, 0.15) is 5.82 Å². The molecule has 0 atom stereocenters. The number of carbonyl (C=O) groups excluding carboxylic acids is 1. The number of nitrogens with zero attached hydrogens (tertiary/aromatic N) is 4. The molecule has 0 radical (unpaired) electrons. The highest BCUT2D eigenvalue weighted by Crippen LogP contribution is 2.18. The van der Waals surface area contributed by atoms with Gasteiger partial charge < -0.3 is 25.0 Å². The molecule has 2 N–H and O–H groups in total. The summed E-state index contributed by atoms with van der Waals surface area (Å²) in [6.45, 7) is 4.00. The molecule has 0 aliphatic carbocycles. The van der Waals surface area contributed by atoms with E-state index in [4.69, 9.17) is 4.74 Å². The van der Waals surface area contributed by atoms with Crippen LogP contribution in [0, 0.1) is 0 Å². The Labute approximate surface area is 135 Å². The Kier molecular flexibility index (Phi) is 5.12. The second-order valence-electron chi connectivity index (χ2n) is 5.84. The van der Waals surface area contributed by atoms with E-state index in [1.54, 1.807) is 11.1 Å². The van der Waals surface area contributed by atoms with Crippen molar-refractivity contribution >= 4 is 17.9 Å². The van der Waals surface area contributed by atoms with Gasteiger partial charge in [0.2, 0.25) is 5.95 Å². The lowest BCUT2D eigenvalue weighted by atomic mass is 10.1. The predicted molar refractivity (Wildman–Crippen MR) is 85.5 cm³/mol. The fourth-order valence-corrected chi connectivity index (χ4v) is 2.81. The maximum absolute atomic E-state index is 11.5. The number of carbonyl (C=O) groups is 1. The van der Waals surface area contributed by atoms with Crippen LogP contribution >= 0.6 is 0 Å². The molecular formula is C15H23N5O3. The summed E-state index contributed by atoms with van der Waals surface area (Å²) in [5.41, 5.74) is 0. The summed E-state index contributed by atoms with van der Waals surface area (Å²) in [6.07, 6.45) is 3.69. The van der Waals surface area contributed by atoms with E-state index < -0.39 is 0 Å². The number of aromatic nitrogens is 2. The number of piperidine rings is 1. The minimum Gasteiger partial charge on any atom is -0.449 e. The molecule has 126 valence electrons. The number of hydrogen-bond acceptors (Lipinski definition) is 7. The van der Waals surface area contributed by atoms with E-state index in [0.29, 0.717) is 25.6 Å². The van der Waals surface area contributed by atoms with E-state index in [1.165, 1.54) is 0 Å². The molecule has 1 aromatic rings. The first-order chi connectivity index (χ1) is 11.2. The zero-order chi connectivity index (χ0) is 16.1. The molecule has 3 heterocycles. The van der Waals surface area contributed by atoms with E-state index in [1.807, 2.05) is 6.07 Å². The van der Waals surface area contributed by atoms with Crippen LogP contribution in [-0.4, -0.2) is 71.5 Å². The molecule has 2 aliphatic rings. The number of anilines is 2. The summed E-state index contributed by atoms with van der Waals surface area (Å²) in [5.74, 6) is 1.42. The van der Waals surface area contributed by atoms with Gasteiger partial charge in [-0.15, -0.1) is 0 Å². The molecule has 0 aromatic carbocycles. The van der Waals surface area contributed by atoms with Crippen LogP contribution < -0.4 is 10.2 Å². The van der Waals surface area contributed by atoms with E-state index >= 15 is 0 Å². The van der Waals surface area contributed by atoms with Crippen LogP contribution in [0.2, 0.25) is 0 Å². The molecule has 1 aromatic heterocycles. The first kappa shape index (κ1) is 15.8. The zero-order valence-electron chi connectivity index (χ0n) is 13.1. The molecule has 0 unspecified atom stereocenters. The number of hydrogen-bond donors (Lipinski definition) is 2. The summed E-state index contributed by atoms with van der Waals surface area (Å²) in [4.78, 5) is 24.1. The summed E-state index contributed by atoms with van der Waals surface area (Å²) >= 11 is 0. The first-order valence-electron chi connectivity index (χ1n) is 8.14.